The first-order chi connectivity index (χ1) is 11.1. The highest BCUT2D eigenvalue weighted by Gasteiger charge is 2.09. The van der Waals surface area contributed by atoms with E-state index >= 15 is 0 Å². The lowest BCUT2D eigenvalue weighted by Gasteiger charge is -2.11. The van der Waals surface area contributed by atoms with Crippen molar-refractivity contribution < 1.29 is 4.39 Å². The second kappa shape index (κ2) is 5.20. The van der Waals surface area contributed by atoms with Gasteiger partial charge in [-0.15, -0.1) is 0 Å². The monoisotopic (exact) mass is 300 g/mol. The molecule has 0 fully saturated rings. The second-order valence-electron chi connectivity index (χ2n) is 6.18. The fraction of sp³-hybridized carbons (Fsp3) is 0.0909. The second-order valence-corrected chi connectivity index (χ2v) is 6.18. The summed E-state index contributed by atoms with van der Waals surface area (Å²) < 4.78 is 14.0. The molecule has 0 nitrogen and oxygen atoms in total. The third-order valence-electron chi connectivity index (χ3n) is 4.40. The minimum absolute atomic E-state index is 0.166. The van der Waals surface area contributed by atoms with Crippen LogP contribution >= 0.6 is 0 Å². The first kappa shape index (κ1) is 14.0. The van der Waals surface area contributed by atoms with E-state index < -0.39 is 0 Å². The van der Waals surface area contributed by atoms with Gasteiger partial charge in [0.25, 0.3) is 0 Å². The summed E-state index contributed by atoms with van der Waals surface area (Å²) in [5.74, 6) is -0.166. The smallest absolute Gasteiger partial charge is 0.131 e. The van der Waals surface area contributed by atoms with Crippen LogP contribution in [0.15, 0.2) is 66.7 Å². The minimum atomic E-state index is -0.166. The van der Waals surface area contributed by atoms with Gasteiger partial charge in [-0.25, -0.2) is 4.39 Å². The lowest BCUT2D eigenvalue weighted by molar-refractivity contribution is 0.640. The fourth-order valence-electron chi connectivity index (χ4n) is 3.47. The average Bonchev–Trinajstić information content (AvgIpc) is 2.53. The van der Waals surface area contributed by atoms with Gasteiger partial charge in [-0.05, 0) is 47.2 Å². The molecule has 0 aliphatic carbocycles. The van der Waals surface area contributed by atoms with Crippen LogP contribution < -0.4 is 0 Å². The van der Waals surface area contributed by atoms with Gasteiger partial charge in [-0.1, -0.05) is 71.8 Å². The van der Waals surface area contributed by atoms with Crippen LogP contribution in [0.4, 0.5) is 4.39 Å². The molecule has 0 saturated carbocycles. The molecular formula is C22H17F. The Bertz CT molecular complexity index is 1020. The molecule has 0 saturated heterocycles. The van der Waals surface area contributed by atoms with Crippen LogP contribution in [0.25, 0.3) is 32.7 Å². The Morgan fingerprint density at radius 2 is 1.22 bits per heavy atom. The van der Waals surface area contributed by atoms with Crippen molar-refractivity contribution in [3.05, 3.63) is 83.7 Å². The summed E-state index contributed by atoms with van der Waals surface area (Å²) in [5, 5.41) is 3.90. The Labute approximate surface area is 135 Å². The number of hydrogen-bond acceptors (Lipinski definition) is 0. The summed E-state index contributed by atoms with van der Waals surface area (Å²) in [6, 6.07) is 22.1. The molecule has 0 aliphatic rings. The molecule has 0 aromatic heterocycles. The highest BCUT2D eigenvalue weighted by atomic mass is 19.1. The van der Waals surface area contributed by atoms with Crippen molar-refractivity contribution in [2.24, 2.45) is 0 Å². The highest BCUT2D eigenvalue weighted by molar-refractivity contribution is 6.12. The molecule has 0 aliphatic heterocycles. The van der Waals surface area contributed by atoms with Crippen molar-refractivity contribution in [1.29, 1.82) is 0 Å². The Kier molecular flexibility index (Phi) is 3.16. The maximum absolute atomic E-state index is 14.0. The number of benzene rings is 4. The van der Waals surface area contributed by atoms with E-state index in [0.717, 1.165) is 16.2 Å². The molecule has 0 amide bonds. The number of rotatable bonds is 1. The van der Waals surface area contributed by atoms with E-state index in [0.29, 0.717) is 5.39 Å². The van der Waals surface area contributed by atoms with Crippen LogP contribution in [0, 0.1) is 19.7 Å². The van der Waals surface area contributed by atoms with Gasteiger partial charge in [0.2, 0.25) is 0 Å². The third-order valence-corrected chi connectivity index (χ3v) is 4.40. The van der Waals surface area contributed by atoms with Crippen molar-refractivity contribution >= 4 is 21.5 Å². The van der Waals surface area contributed by atoms with Crippen LogP contribution in [0.2, 0.25) is 0 Å². The standard InChI is InChI=1S/C22H17F/c1-14-11-15(2)13-16(12-14)17-5-3-6-18-19-7-4-8-22(23)21(19)10-9-20(17)18/h3-13H,1-2H3. The van der Waals surface area contributed by atoms with Gasteiger partial charge in [0.15, 0.2) is 0 Å². The van der Waals surface area contributed by atoms with E-state index in [1.54, 1.807) is 6.07 Å². The largest absolute Gasteiger partial charge is 0.206 e. The van der Waals surface area contributed by atoms with E-state index in [2.05, 4.69) is 50.2 Å². The summed E-state index contributed by atoms with van der Waals surface area (Å²) in [6.07, 6.45) is 0. The maximum Gasteiger partial charge on any atom is 0.131 e. The highest BCUT2D eigenvalue weighted by Crippen LogP contribution is 2.34. The van der Waals surface area contributed by atoms with Crippen molar-refractivity contribution in [3.8, 4) is 11.1 Å². The molecule has 1 heteroatoms. The van der Waals surface area contributed by atoms with Gasteiger partial charge in [-0.3, -0.25) is 0 Å². The molecule has 0 spiro atoms. The zero-order chi connectivity index (χ0) is 16.0. The number of fused-ring (bicyclic) bond motifs is 3. The Hall–Kier alpha value is -2.67. The van der Waals surface area contributed by atoms with E-state index in [1.165, 1.54) is 28.3 Å². The topological polar surface area (TPSA) is 0 Å². The summed E-state index contributed by atoms with van der Waals surface area (Å²) in [4.78, 5) is 0. The van der Waals surface area contributed by atoms with E-state index in [4.69, 9.17) is 0 Å². The predicted molar refractivity (Wildman–Crippen MR) is 96.3 cm³/mol. The van der Waals surface area contributed by atoms with Gasteiger partial charge in [0.1, 0.15) is 5.82 Å². The lowest BCUT2D eigenvalue weighted by atomic mass is 9.93. The van der Waals surface area contributed by atoms with Crippen molar-refractivity contribution in [2.45, 2.75) is 13.8 Å². The third kappa shape index (κ3) is 2.29. The average molecular weight is 300 g/mol. The molecular weight excluding hydrogens is 283 g/mol. The van der Waals surface area contributed by atoms with Gasteiger partial charge in [0.05, 0.1) is 0 Å². The van der Waals surface area contributed by atoms with Crippen LogP contribution in [0.5, 0.6) is 0 Å². The Morgan fingerprint density at radius 1 is 0.609 bits per heavy atom. The first-order valence-corrected chi connectivity index (χ1v) is 7.82. The summed E-state index contributed by atoms with van der Waals surface area (Å²) in [7, 11) is 0. The van der Waals surface area contributed by atoms with Crippen molar-refractivity contribution in [3.63, 3.8) is 0 Å². The van der Waals surface area contributed by atoms with E-state index in [-0.39, 0.29) is 5.82 Å². The summed E-state index contributed by atoms with van der Waals surface area (Å²) >= 11 is 0. The molecule has 0 bridgehead atoms. The molecule has 0 unspecified atom stereocenters. The number of aryl methyl sites for hydroxylation is 2. The summed E-state index contributed by atoms with van der Waals surface area (Å²) in [5.41, 5.74) is 4.91. The maximum atomic E-state index is 14.0. The molecule has 4 rings (SSSR count). The van der Waals surface area contributed by atoms with Crippen LogP contribution in [0.3, 0.4) is 0 Å². The summed E-state index contributed by atoms with van der Waals surface area (Å²) in [6.45, 7) is 4.23. The predicted octanol–water partition coefficient (Wildman–Crippen LogP) is 6.42. The number of halogens is 1. The van der Waals surface area contributed by atoms with Crippen molar-refractivity contribution in [1.82, 2.24) is 0 Å². The number of hydrogen-bond donors (Lipinski definition) is 0. The fourth-order valence-corrected chi connectivity index (χ4v) is 3.47. The minimum Gasteiger partial charge on any atom is -0.206 e. The SMILES string of the molecule is Cc1cc(C)cc(-c2cccc3c2ccc2c(F)cccc23)c1. The van der Waals surface area contributed by atoms with Crippen LogP contribution in [-0.4, -0.2) is 0 Å². The molecule has 4 aromatic rings. The quantitative estimate of drug-likeness (QED) is 0.356. The molecule has 0 N–H and O–H groups in total. The first-order valence-electron chi connectivity index (χ1n) is 7.82. The zero-order valence-electron chi connectivity index (χ0n) is 13.2. The molecule has 0 heterocycles. The Balaban J connectivity index is 2.09. The molecule has 0 radical (unpaired) electrons. The molecule has 4 aromatic carbocycles. The molecule has 23 heavy (non-hydrogen) atoms. The van der Waals surface area contributed by atoms with Crippen molar-refractivity contribution in [2.75, 3.05) is 0 Å². The van der Waals surface area contributed by atoms with Crippen LogP contribution in [-0.2, 0) is 0 Å². The Morgan fingerprint density at radius 3 is 1.96 bits per heavy atom. The lowest BCUT2D eigenvalue weighted by Crippen LogP contribution is -1.87. The molecule has 112 valence electrons. The van der Waals surface area contributed by atoms with Gasteiger partial charge >= 0.3 is 0 Å². The van der Waals surface area contributed by atoms with E-state index in [9.17, 15) is 4.39 Å². The zero-order valence-corrected chi connectivity index (χ0v) is 13.2. The van der Waals surface area contributed by atoms with Gasteiger partial charge in [0, 0.05) is 5.39 Å². The van der Waals surface area contributed by atoms with E-state index in [1.807, 2.05) is 18.2 Å². The normalized spacial score (nSPS) is 11.3. The van der Waals surface area contributed by atoms with Crippen LogP contribution in [0.1, 0.15) is 11.1 Å². The molecule has 0 atom stereocenters. The van der Waals surface area contributed by atoms with Gasteiger partial charge < -0.3 is 0 Å². The van der Waals surface area contributed by atoms with Gasteiger partial charge in [-0.2, -0.15) is 0 Å².